The summed E-state index contributed by atoms with van der Waals surface area (Å²) < 4.78 is 71.3. The summed E-state index contributed by atoms with van der Waals surface area (Å²) in [6.07, 6.45) is -6.01. The second-order valence-electron chi connectivity index (χ2n) is 4.15. The lowest BCUT2D eigenvalue weighted by molar-refractivity contribution is -0.274. The molecule has 0 aromatic heterocycles. The van der Waals surface area contributed by atoms with Crippen LogP contribution in [-0.2, 0) is 4.74 Å². The summed E-state index contributed by atoms with van der Waals surface area (Å²) in [5, 5.41) is 1.37. The normalized spacial score (nSPS) is 20.5. The van der Waals surface area contributed by atoms with Crippen LogP contribution in [0.2, 0.25) is 5.02 Å². The van der Waals surface area contributed by atoms with Gasteiger partial charge in [-0.25, -0.2) is 13.6 Å². The molecular formula is C11H8Cl2F5NO3. The maximum absolute atomic E-state index is 13.6. The lowest BCUT2D eigenvalue weighted by Gasteiger charge is -2.32. The molecule has 11 heteroatoms. The number of carbonyl (C=O) groups excluding carboxylic acids is 1. The van der Waals surface area contributed by atoms with Crippen molar-refractivity contribution in [2.75, 3.05) is 6.61 Å². The number of ether oxygens (including phenoxy) is 2. The summed E-state index contributed by atoms with van der Waals surface area (Å²) in [4.78, 5) is 11.0. The van der Waals surface area contributed by atoms with Crippen molar-refractivity contribution in [1.29, 1.82) is 0 Å². The number of nitrogens with one attached hydrogen (secondary N) is 1. The van der Waals surface area contributed by atoms with Crippen molar-refractivity contribution in [3.05, 3.63) is 28.8 Å². The summed E-state index contributed by atoms with van der Waals surface area (Å²) in [7, 11) is 0. The lowest BCUT2D eigenvalue weighted by Crippen LogP contribution is -2.49. The van der Waals surface area contributed by atoms with Crippen LogP contribution in [0.15, 0.2) is 18.2 Å². The van der Waals surface area contributed by atoms with Crippen LogP contribution in [0.25, 0.3) is 0 Å². The van der Waals surface area contributed by atoms with Gasteiger partial charge in [0.15, 0.2) is 6.61 Å². The van der Waals surface area contributed by atoms with E-state index in [4.69, 9.17) is 11.6 Å². The third-order valence-corrected chi connectivity index (χ3v) is 2.89. The topological polar surface area (TPSA) is 47.6 Å². The Hall–Kier alpha value is -1.48. The Morgan fingerprint density at radius 3 is 2.55 bits per heavy atom. The van der Waals surface area contributed by atoms with Crippen LogP contribution in [0, 0.1) is 0 Å². The van der Waals surface area contributed by atoms with E-state index in [1.54, 1.807) is 0 Å². The standard InChI is InChI=1S/C11H7ClF5NO3.ClH/c12-6-3-5(1-2-7(6)21-11(15,16)17)8-10(13,14)4-20-9(19)18-8;/h1-3,8H,4H2,(H,18,19);1H/t8-;/m0./s1. The van der Waals surface area contributed by atoms with Gasteiger partial charge in [-0.2, -0.15) is 0 Å². The smallest absolute Gasteiger partial charge is 0.443 e. The second-order valence-corrected chi connectivity index (χ2v) is 4.56. The molecule has 0 radical (unpaired) electrons. The predicted octanol–water partition coefficient (Wildman–Crippen LogP) is 4.08. The summed E-state index contributed by atoms with van der Waals surface area (Å²) in [6.45, 7) is -1.14. The van der Waals surface area contributed by atoms with Gasteiger partial charge in [0.05, 0.1) is 5.02 Å². The third-order valence-electron chi connectivity index (χ3n) is 2.60. The molecule has 1 heterocycles. The van der Waals surface area contributed by atoms with Gasteiger partial charge in [-0.1, -0.05) is 17.7 Å². The fourth-order valence-electron chi connectivity index (χ4n) is 1.74. The first-order chi connectivity index (χ1) is 9.58. The van der Waals surface area contributed by atoms with Crippen molar-refractivity contribution < 1.29 is 36.2 Å². The summed E-state index contributed by atoms with van der Waals surface area (Å²) in [5.74, 6) is -4.15. The quantitative estimate of drug-likeness (QED) is 0.801. The monoisotopic (exact) mass is 367 g/mol. The maximum atomic E-state index is 13.6. The number of benzene rings is 1. The Kier molecular flexibility index (Phi) is 5.34. The number of hydrogen-bond donors (Lipinski definition) is 1. The average molecular weight is 368 g/mol. The number of rotatable bonds is 2. The third kappa shape index (κ3) is 4.26. The van der Waals surface area contributed by atoms with Crippen LogP contribution in [0.5, 0.6) is 5.75 Å². The molecule has 1 aromatic carbocycles. The van der Waals surface area contributed by atoms with E-state index in [9.17, 15) is 26.7 Å². The zero-order chi connectivity index (χ0) is 15.8. The van der Waals surface area contributed by atoms with Gasteiger partial charge in [-0.05, 0) is 17.7 Å². The highest BCUT2D eigenvalue weighted by Gasteiger charge is 2.47. The minimum atomic E-state index is -4.96. The van der Waals surface area contributed by atoms with Gasteiger partial charge in [-0.3, -0.25) is 0 Å². The van der Waals surface area contributed by atoms with Crippen LogP contribution in [-0.4, -0.2) is 25.0 Å². The molecule has 1 aliphatic rings. The van der Waals surface area contributed by atoms with E-state index < -0.39 is 41.8 Å². The van der Waals surface area contributed by atoms with Crippen molar-refractivity contribution in [2.45, 2.75) is 18.3 Å². The van der Waals surface area contributed by atoms with Gasteiger partial charge in [0.25, 0.3) is 0 Å². The van der Waals surface area contributed by atoms with E-state index in [0.717, 1.165) is 18.2 Å². The number of hydrogen-bond acceptors (Lipinski definition) is 3. The highest BCUT2D eigenvalue weighted by molar-refractivity contribution is 6.32. The molecule has 0 saturated carbocycles. The minimum absolute atomic E-state index is 0. The van der Waals surface area contributed by atoms with Crippen LogP contribution in [0.3, 0.4) is 0 Å². The number of amides is 1. The zero-order valence-corrected chi connectivity index (χ0v) is 12.0. The first-order valence-electron chi connectivity index (χ1n) is 5.45. The SMILES string of the molecule is Cl.O=C1N[C@@H](c2ccc(OC(F)(F)F)c(Cl)c2)C(F)(F)CO1. The molecule has 1 aromatic rings. The summed E-state index contributed by atoms with van der Waals surface area (Å²) in [5.41, 5.74) is -0.170. The lowest BCUT2D eigenvalue weighted by atomic mass is 10.00. The Balaban J connectivity index is 0.00000242. The largest absolute Gasteiger partial charge is 0.573 e. The number of alkyl carbamates (subject to hydrolysis) is 1. The van der Waals surface area contributed by atoms with E-state index in [0.29, 0.717) is 0 Å². The summed E-state index contributed by atoms with van der Waals surface area (Å²) >= 11 is 5.57. The molecular weight excluding hydrogens is 360 g/mol. The molecule has 0 unspecified atom stereocenters. The Labute approximate surface area is 131 Å². The molecule has 1 N–H and O–H groups in total. The van der Waals surface area contributed by atoms with Gasteiger partial charge in [0, 0.05) is 0 Å². The highest BCUT2D eigenvalue weighted by atomic mass is 35.5. The fourth-order valence-corrected chi connectivity index (χ4v) is 1.97. The van der Waals surface area contributed by atoms with Crippen LogP contribution in [0.4, 0.5) is 26.7 Å². The fraction of sp³-hybridized carbons (Fsp3) is 0.364. The maximum Gasteiger partial charge on any atom is 0.573 e. The molecule has 124 valence electrons. The molecule has 1 atom stereocenters. The number of cyclic esters (lactones) is 1. The molecule has 22 heavy (non-hydrogen) atoms. The van der Waals surface area contributed by atoms with E-state index in [1.807, 2.05) is 5.32 Å². The van der Waals surface area contributed by atoms with E-state index in [1.165, 1.54) is 0 Å². The van der Waals surface area contributed by atoms with Crippen molar-refractivity contribution in [3.63, 3.8) is 0 Å². The van der Waals surface area contributed by atoms with Crippen molar-refractivity contribution >= 4 is 30.1 Å². The molecule has 1 fully saturated rings. The molecule has 1 aliphatic heterocycles. The molecule has 0 bridgehead atoms. The average Bonchev–Trinajstić information content (AvgIpc) is 2.33. The van der Waals surface area contributed by atoms with Gasteiger partial charge >= 0.3 is 18.4 Å². The molecule has 2 rings (SSSR count). The van der Waals surface area contributed by atoms with Gasteiger partial charge < -0.3 is 14.8 Å². The van der Waals surface area contributed by atoms with E-state index in [2.05, 4.69) is 9.47 Å². The second kappa shape index (κ2) is 6.33. The molecule has 0 spiro atoms. The Morgan fingerprint density at radius 1 is 1.36 bits per heavy atom. The molecule has 4 nitrogen and oxygen atoms in total. The van der Waals surface area contributed by atoms with Gasteiger partial charge in [-0.15, -0.1) is 25.6 Å². The van der Waals surface area contributed by atoms with Gasteiger partial charge in [0.1, 0.15) is 11.8 Å². The van der Waals surface area contributed by atoms with E-state index in [-0.39, 0.29) is 18.0 Å². The van der Waals surface area contributed by atoms with Crippen LogP contribution >= 0.6 is 24.0 Å². The first-order valence-corrected chi connectivity index (χ1v) is 5.82. The van der Waals surface area contributed by atoms with Crippen molar-refractivity contribution in [2.24, 2.45) is 0 Å². The molecule has 1 saturated heterocycles. The number of carbonyl (C=O) groups is 1. The molecule has 1 amide bonds. The molecule has 0 aliphatic carbocycles. The first kappa shape index (κ1) is 18.6. The van der Waals surface area contributed by atoms with E-state index >= 15 is 0 Å². The number of halogens is 7. The zero-order valence-electron chi connectivity index (χ0n) is 10.4. The van der Waals surface area contributed by atoms with Gasteiger partial charge in [0.2, 0.25) is 0 Å². The number of alkyl halides is 5. The van der Waals surface area contributed by atoms with Crippen LogP contribution < -0.4 is 10.1 Å². The minimum Gasteiger partial charge on any atom is -0.443 e. The summed E-state index contributed by atoms with van der Waals surface area (Å²) in [6, 6.07) is 0.864. The van der Waals surface area contributed by atoms with Crippen LogP contribution in [0.1, 0.15) is 11.6 Å². The highest BCUT2D eigenvalue weighted by Crippen LogP contribution is 2.38. The predicted molar refractivity (Wildman–Crippen MR) is 67.6 cm³/mol. The van der Waals surface area contributed by atoms with Crippen molar-refractivity contribution in [3.8, 4) is 5.75 Å². The Morgan fingerprint density at radius 2 is 2.00 bits per heavy atom. The van der Waals surface area contributed by atoms with Crippen molar-refractivity contribution in [1.82, 2.24) is 5.32 Å². The Bertz CT molecular complexity index is 567.